The summed E-state index contributed by atoms with van der Waals surface area (Å²) < 4.78 is 5.82. The smallest absolute Gasteiger partial charge is 0.156 e. The number of carbonyl (C=O) groups excluding carboxylic acids is 1. The van der Waals surface area contributed by atoms with E-state index >= 15 is 0 Å². The molecular formula is C17H20O2. The van der Waals surface area contributed by atoms with E-state index in [-0.39, 0.29) is 11.2 Å². The van der Waals surface area contributed by atoms with E-state index in [0.717, 1.165) is 23.3 Å². The molecule has 0 spiro atoms. The minimum Gasteiger partial charge on any atom is -0.490 e. The number of hydrogen-bond donors (Lipinski definition) is 0. The van der Waals surface area contributed by atoms with Crippen molar-refractivity contribution in [1.82, 2.24) is 0 Å². The van der Waals surface area contributed by atoms with Crippen LogP contribution in [0.15, 0.2) is 30.3 Å². The van der Waals surface area contributed by atoms with E-state index in [0.29, 0.717) is 12.5 Å². The number of ether oxygens (including phenoxy) is 1. The summed E-state index contributed by atoms with van der Waals surface area (Å²) in [5.74, 6) is 1.16. The van der Waals surface area contributed by atoms with E-state index in [9.17, 15) is 4.79 Å². The Morgan fingerprint density at radius 3 is 2.68 bits per heavy atom. The van der Waals surface area contributed by atoms with Gasteiger partial charge in [-0.15, -0.1) is 0 Å². The van der Waals surface area contributed by atoms with Gasteiger partial charge in [-0.1, -0.05) is 26.0 Å². The zero-order valence-electron chi connectivity index (χ0n) is 11.6. The van der Waals surface area contributed by atoms with Crippen molar-refractivity contribution < 1.29 is 9.53 Å². The maximum atomic E-state index is 11.8. The number of carbonyl (C=O) groups is 1. The highest BCUT2D eigenvalue weighted by atomic mass is 16.5. The number of benzene rings is 1. The number of rotatable bonds is 3. The lowest BCUT2D eigenvalue weighted by Gasteiger charge is -2.29. The van der Waals surface area contributed by atoms with Crippen molar-refractivity contribution in [2.24, 2.45) is 5.41 Å². The van der Waals surface area contributed by atoms with Crippen LogP contribution in [0.1, 0.15) is 45.1 Å². The van der Waals surface area contributed by atoms with Crippen molar-refractivity contribution in [2.75, 3.05) is 0 Å². The molecule has 0 N–H and O–H groups in total. The summed E-state index contributed by atoms with van der Waals surface area (Å²) >= 11 is 0. The molecule has 2 aliphatic rings. The van der Waals surface area contributed by atoms with Crippen LogP contribution >= 0.6 is 0 Å². The lowest BCUT2D eigenvalue weighted by atomic mass is 9.75. The van der Waals surface area contributed by atoms with Crippen molar-refractivity contribution in [3.05, 3.63) is 35.9 Å². The SMILES string of the molecule is CC1(C)CC(=O)C=C(c2cccc(OC3CC3)c2)C1. The first-order valence-electron chi connectivity index (χ1n) is 7.02. The molecule has 1 fully saturated rings. The molecule has 0 amide bonds. The van der Waals surface area contributed by atoms with Crippen LogP contribution in [-0.2, 0) is 4.79 Å². The molecular weight excluding hydrogens is 236 g/mol. The Kier molecular flexibility index (Phi) is 2.96. The molecule has 0 aromatic heterocycles. The molecule has 2 aliphatic carbocycles. The van der Waals surface area contributed by atoms with E-state index in [4.69, 9.17) is 4.74 Å². The number of allylic oxidation sites excluding steroid dienone is 2. The van der Waals surface area contributed by atoms with Crippen LogP contribution in [0.2, 0.25) is 0 Å². The zero-order chi connectivity index (χ0) is 13.5. The summed E-state index contributed by atoms with van der Waals surface area (Å²) in [6.45, 7) is 4.31. The first-order valence-corrected chi connectivity index (χ1v) is 7.02. The molecule has 0 atom stereocenters. The molecule has 100 valence electrons. The van der Waals surface area contributed by atoms with Gasteiger partial charge in [-0.2, -0.15) is 0 Å². The second-order valence-electron chi connectivity index (χ2n) is 6.50. The van der Waals surface area contributed by atoms with Crippen LogP contribution in [-0.4, -0.2) is 11.9 Å². The number of hydrogen-bond acceptors (Lipinski definition) is 2. The van der Waals surface area contributed by atoms with Crippen molar-refractivity contribution in [1.29, 1.82) is 0 Å². The molecule has 2 heteroatoms. The van der Waals surface area contributed by atoms with Gasteiger partial charge in [0, 0.05) is 6.42 Å². The predicted molar refractivity (Wildman–Crippen MR) is 76.1 cm³/mol. The summed E-state index contributed by atoms with van der Waals surface area (Å²) in [4.78, 5) is 11.8. The molecule has 0 radical (unpaired) electrons. The molecule has 0 aliphatic heterocycles. The Labute approximate surface area is 114 Å². The highest BCUT2D eigenvalue weighted by Gasteiger charge is 2.28. The lowest BCUT2D eigenvalue weighted by molar-refractivity contribution is -0.116. The number of ketones is 1. The van der Waals surface area contributed by atoms with Gasteiger partial charge in [-0.05, 0) is 54.0 Å². The average Bonchev–Trinajstić information content (AvgIpc) is 3.10. The van der Waals surface area contributed by atoms with E-state index in [1.54, 1.807) is 0 Å². The fourth-order valence-corrected chi connectivity index (χ4v) is 2.68. The van der Waals surface area contributed by atoms with Gasteiger partial charge in [-0.3, -0.25) is 4.79 Å². The zero-order valence-corrected chi connectivity index (χ0v) is 11.6. The van der Waals surface area contributed by atoms with Crippen molar-refractivity contribution in [3.63, 3.8) is 0 Å². The largest absolute Gasteiger partial charge is 0.490 e. The Bertz CT molecular complexity index is 536. The first-order chi connectivity index (χ1) is 9.02. The molecule has 0 saturated heterocycles. The summed E-state index contributed by atoms with van der Waals surface area (Å²) in [7, 11) is 0. The average molecular weight is 256 g/mol. The highest BCUT2D eigenvalue weighted by molar-refractivity contribution is 5.99. The molecule has 0 unspecified atom stereocenters. The van der Waals surface area contributed by atoms with E-state index < -0.39 is 0 Å². The molecule has 1 aromatic carbocycles. The van der Waals surface area contributed by atoms with Crippen LogP contribution < -0.4 is 4.74 Å². The fraction of sp³-hybridized carbons (Fsp3) is 0.471. The van der Waals surface area contributed by atoms with Gasteiger partial charge in [0.05, 0.1) is 6.10 Å². The summed E-state index contributed by atoms with van der Waals surface area (Å²) in [5.41, 5.74) is 2.33. The van der Waals surface area contributed by atoms with Crippen molar-refractivity contribution in [2.45, 2.75) is 45.6 Å². The Morgan fingerprint density at radius 2 is 2.00 bits per heavy atom. The van der Waals surface area contributed by atoms with Crippen LogP contribution in [0.5, 0.6) is 5.75 Å². The normalized spacial score (nSPS) is 22.0. The summed E-state index contributed by atoms with van der Waals surface area (Å²) in [6.07, 6.45) is 6.15. The van der Waals surface area contributed by atoms with Gasteiger partial charge in [0.15, 0.2) is 5.78 Å². The monoisotopic (exact) mass is 256 g/mol. The van der Waals surface area contributed by atoms with Gasteiger partial charge in [0.2, 0.25) is 0 Å². The maximum Gasteiger partial charge on any atom is 0.156 e. The molecule has 1 aromatic rings. The minimum absolute atomic E-state index is 0.0640. The molecule has 19 heavy (non-hydrogen) atoms. The van der Waals surface area contributed by atoms with Crippen molar-refractivity contribution >= 4 is 11.4 Å². The molecule has 0 bridgehead atoms. The van der Waals surface area contributed by atoms with Gasteiger partial charge < -0.3 is 4.74 Å². The van der Waals surface area contributed by atoms with E-state index in [1.165, 1.54) is 12.8 Å². The van der Waals surface area contributed by atoms with Crippen LogP contribution in [0.3, 0.4) is 0 Å². The first kappa shape index (κ1) is 12.5. The molecule has 1 saturated carbocycles. The Hall–Kier alpha value is -1.57. The van der Waals surface area contributed by atoms with Crippen LogP contribution in [0.25, 0.3) is 5.57 Å². The molecule has 3 rings (SSSR count). The molecule has 0 heterocycles. The fourth-order valence-electron chi connectivity index (χ4n) is 2.68. The lowest BCUT2D eigenvalue weighted by Crippen LogP contribution is -2.21. The Balaban J connectivity index is 1.86. The van der Waals surface area contributed by atoms with Gasteiger partial charge in [0.25, 0.3) is 0 Å². The van der Waals surface area contributed by atoms with Gasteiger partial charge in [0.1, 0.15) is 5.75 Å². The Morgan fingerprint density at radius 1 is 1.21 bits per heavy atom. The van der Waals surface area contributed by atoms with Crippen molar-refractivity contribution in [3.8, 4) is 5.75 Å². The van der Waals surface area contributed by atoms with Crippen LogP contribution in [0, 0.1) is 5.41 Å². The third kappa shape index (κ3) is 3.06. The maximum absolute atomic E-state index is 11.8. The second kappa shape index (κ2) is 4.52. The topological polar surface area (TPSA) is 26.3 Å². The highest BCUT2D eigenvalue weighted by Crippen LogP contribution is 2.39. The van der Waals surface area contributed by atoms with E-state index in [2.05, 4.69) is 26.0 Å². The standard InChI is InChI=1S/C17H20O2/c1-17(2)10-13(8-14(18)11-17)12-4-3-5-16(9-12)19-15-6-7-15/h3-5,8-9,15H,6-7,10-11H2,1-2H3. The second-order valence-corrected chi connectivity index (χ2v) is 6.50. The quantitative estimate of drug-likeness (QED) is 0.817. The third-order valence-electron chi connectivity index (χ3n) is 3.69. The van der Waals surface area contributed by atoms with E-state index in [1.807, 2.05) is 18.2 Å². The predicted octanol–water partition coefficient (Wildman–Crippen LogP) is 4.00. The third-order valence-corrected chi connectivity index (χ3v) is 3.69. The van der Waals surface area contributed by atoms with Gasteiger partial charge >= 0.3 is 0 Å². The summed E-state index contributed by atoms with van der Waals surface area (Å²) in [6, 6.07) is 8.15. The van der Waals surface area contributed by atoms with Crippen LogP contribution in [0.4, 0.5) is 0 Å². The minimum atomic E-state index is 0.0640. The summed E-state index contributed by atoms with van der Waals surface area (Å²) in [5, 5.41) is 0. The van der Waals surface area contributed by atoms with Gasteiger partial charge in [-0.25, -0.2) is 0 Å². The molecule has 2 nitrogen and oxygen atoms in total.